The molecule has 0 aliphatic carbocycles. The molecule has 0 aromatic carbocycles. The van der Waals surface area contributed by atoms with Crippen molar-refractivity contribution in [2.75, 3.05) is 19.6 Å². The second-order valence-electron chi connectivity index (χ2n) is 6.64. The number of rotatable bonds is 5. The van der Waals surface area contributed by atoms with Gasteiger partial charge in [0.25, 0.3) is 5.91 Å². The number of pyridine rings is 1. The van der Waals surface area contributed by atoms with Crippen molar-refractivity contribution in [3.8, 4) is 0 Å². The van der Waals surface area contributed by atoms with Gasteiger partial charge in [-0.15, -0.1) is 11.3 Å². The van der Waals surface area contributed by atoms with Crippen molar-refractivity contribution in [1.82, 2.24) is 15.2 Å². The number of nitrogens with zero attached hydrogens (tertiary/aromatic N) is 2. The van der Waals surface area contributed by atoms with Gasteiger partial charge in [0, 0.05) is 49.9 Å². The number of carboxylic acid groups (broad SMARTS) is 1. The van der Waals surface area contributed by atoms with Crippen molar-refractivity contribution in [2.45, 2.75) is 12.1 Å². The SMILES string of the molecule is O=C(O)/C=C/C(=O)OC1CN2CC(NC(=O)c3cc4ccsc4cn3)C1C2. The van der Waals surface area contributed by atoms with E-state index >= 15 is 0 Å². The van der Waals surface area contributed by atoms with Gasteiger partial charge in [-0.2, -0.15) is 0 Å². The first-order valence-electron chi connectivity index (χ1n) is 8.47. The Labute approximate surface area is 158 Å². The quantitative estimate of drug-likeness (QED) is 0.579. The molecule has 8 nitrogen and oxygen atoms in total. The van der Waals surface area contributed by atoms with Gasteiger partial charge in [0.15, 0.2) is 0 Å². The van der Waals surface area contributed by atoms with Crippen LogP contribution in [0.3, 0.4) is 0 Å². The number of hydrogen-bond donors (Lipinski definition) is 2. The van der Waals surface area contributed by atoms with E-state index in [0.717, 1.165) is 28.8 Å². The Morgan fingerprint density at radius 3 is 2.93 bits per heavy atom. The van der Waals surface area contributed by atoms with Crippen molar-refractivity contribution in [2.24, 2.45) is 5.92 Å². The van der Waals surface area contributed by atoms with Crippen LogP contribution in [0.1, 0.15) is 10.5 Å². The monoisotopic (exact) mass is 387 g/mol. The lowest BCUT2D eigenvalue weighted by molar-refractivity contribution is -0.145. The second-order valence-corrected chi connectivity index (χ2v) is 7.58. The van der Waals surface area contributed by atoms with Crippen LogP contribution in [0.15, 0.2) is 35.9 Å². The third kappa shape index (κ3) is 3.69. The maximum Gasteiger partial charge on any atom is 0.331 e. The molecule has 2 N–H and O–H groups in total. The second kappa shape index (κ2) is 7.09. The Morgan fingerprint density at radius 2 is 2.15 bits per heavy atom. The molecule has 0 spiro atoms. The van der Waals surface area contributed by atoms with Gasteiger partial charge in [0.2, 0.25) is 0 Å². The minimum Gasteiger partial charge on any atom is -0.478 e. The molecule has 2 bridgehead atoms. The summed E-state index contributed by atoms with van der Waals surface area (Å²) in [6.45, 7) is 2.00. The Balaban J connectivity index is 1.40. The Bertz CT molecular complexity index is 940. The number of ether oxygens (including phenoxy) is 1. The number of carbonyl (C=O) groups excluding carboxylic acids is 2. The summed E-state index contributed by atoms with van der Waals surface area (Å²) in [5, 5.41) is 14.5. The molecule has 4 atom stereocenters. The first kappa shape index (κ1) is 17.6. The molecule has 1 amide bonds. The number of carboxylic acids is 1. The van der Waals surface area contributed by atoms with Gasteiger partial charge < -0.3 is 15.2 Å². The third-order valence-electron chi connectivity index (χ3n) is 4.88. The van der Waals surface area contributed by atoms with Gasteiger partial charge >= 0.3 is 11.9 Å². The molecule has 9 heteroatoms. The van der Waals surface area contributed by atoms with Crippen LogP contribution in [0.5, 0.6) is 0 Å². The van der Waals surface area contributed by atoms with E-state index in [2.05, 4.69) is 15.2 Å². The zero-order valence-electron chi connectivity index (χ0n) is 14.2. The predicted octanol–water partition coefficient (Wildman–Crippen LogP) is 0.893. The summed E-state index contributed by atoms with van der Waals surface area (Å²) in [4.78, 5) is 41.1. The van der Waals surface area contributed by atoms with E-state index in [1.165, 1.54) is 0 Å². The summed E-state index contributed by atoms with van der Waals surface area (Å²) in [6, 6.07) is 3.57. The molecule has 2 saturated heterocycles. The number of aromatic nitrogens is 1. The van der Waals surface area contributed by atoms with Gasteiger partial charge in [-0.25, -0.2) is 14.6 Å². The highest BCUT2D eigenvalue weighted by Crippen LogP contribution is 2.31. The third-order valence-corrected chi connectivity index (χ3v) is 5.74. The fourth-order valence-electron chi connectivity index (χ4n) is 3.67. The summed E-state index contributed by atoms with van der Waals surface area (Å²) in [7, 11) is 0. The van der Waals surface area contributed by atoms with Crippen LogP contribution in [-0.4, -0.2) is 64.6 Å². The minimum atomic E-state index is -1.20. The van der Waals surface area contributed by atoms with E-state index < -0.39 is 11.9 Å². The first-order chi connectivity index (χ1) is 13.0. The number of aliphatic carboxylic acids is 1. The van der Waals surface area contributed by atoms with E-state index in [1.807, 2.05) is 11.4 Å². The fourth-order valence-corrected chi connectivity index (χ4v) is 4.41. The standard InChI is InChI=1S/C18H17N3O5S/c22-16(23)1-2-17(24)26-14-9-21-7-11(14)13(8-21)20-18(25)12-5-10-3-4-27-15(10)6-19-12/h1-6,11,13-14H,7-9H2,(H,20,25)(H,22,23)/b2-1+. The van der Waals surface area contributed by atoms with Crippen LogP contribution in [0.2, 0.25) is 0 Å². The molecule has 4 heterocycles. The molecular formula is C18H17N3O5S. The van der Waals surface area contributed by atoms with Gasteiger partial charge in [0.1, 0.15) is 11.8 Å². The number of hydrogen-bond acceptors (Lipinski definition) is 7. The van der Waals surface area contributed by atoms with Crippen LogP contribution in [0.4, 0.5) is 0 Å². The highest BCUT2D eigenvalue weighted by molar-refractivity contribution is 7.17. The minimum absolute atomic E-state index is 0.0268. The Kier molecular flexibility index (Phi) is 4.63. The average Bonchev–Trinajstić information content (AvgIpc) is 3.34. The van der Waals surface area contributed by atoms with E-state index in [4.69, 9.17) is 9.84 Å². The van der Waals surface area contributed by atoms with Gasteiger partial charge in [-0.1, -0.05) is 0 Å². The molecule has 4 rings (SSSR count). The number of piperidine rings is 1. The number of esters is 1. The number of thiophene rings is 1. The molecule has 2 fully saturated rings. The lowest BCUT2D eigenvalue weighted by Crippen LogP contribution is -2.49. The predicted molar refractivity (Wildman–Crippen MR) is 97.5 cm³/mol. The first-order valence-corrected chi connectivity index (χ1v) is 9.35. The summed E-state index contributed by atoms with van der Waals surface area (Å²) in [5.74, 6) is -2.17. The van der Waals surface area contributed by atoms with Crippen LogP contribution in [-0.2, 0) is 14.3 Å². The van der Waals surface area contributed by atoms with Crippen molar-refractivity contribution < 1.29 is 24.2 Å². The smallest absolute Gasteiger partial charge is 0.331 e. The largest absolute Gasteiger partial charge is 0.478 e. The van der Waals surface area contributed by atoms with Gasteiger partial charge in [-0.05, 0) is 22.9 Å². The fraction of sp³-hybridized carbons (Fsp3) is 0.333. The maximum absolute atomic E-state index is 12.6. The van der Waals surface area contributed by atoms with Crippen LogP contribution >= 0.6 is 11.3 Å². The molecule has 140 valence electrons. The molecule has 0 radical (unpaired) electrons. The van der Waals surface area contributed by atoms with Crippen molar-refractivity contribution in [1.29, 1.82) is 0 Å². The van der Waals surface area contributed by atoms with E-state index in [9.17, 15) is 14.4 Å². The molecule has 2 aromatic heterocycles. The zero-order valence-corrected chi connectivity index (χ0v) is 15.0. The number of carbonyl (C=O) groups is 3. The normalized spacial score (nSPS) is 26.5. The topological polar surface area (TPSA) is 109 Å². The van der Waals surface area contributed by atoms with E-state index in [1.54, 1.807) is 23.6 Å². The molecule has 0 saturated carbocycles. The molecule has 2 aliphatic rings. The van der Waals surface area contributed by atoms with Crippen LogP contribution < -0.4 is 5.32 Å². The number of nitrogens with one attached hydrogen (secondary N) is 1. The summed E-state index contributed by atoms with van der Waals surface area (Å²) >= 11 is 1.57. The van der Waals surface area contributed by atoms with Gasteiger partial charge in [0.05, 0.1) is 4.70 Å². The van der Waals surface area contributed by atoms with Crippen molar-refractivity contribution in [3.63, 3.8) is 0 Å². The average molecular weight is 387 g/mol. The summed E-state index contributed by atoms with van der Waals surface area (Å²) in [6.07, 6.45) is 2.97. The summed E-state index contributed by atoms with van der Waals surface area (Å²) in [5.41, 5.74) is 0.358. The van der Waals surface area contributed by atoms with Crippen LogP contribution in [0, 0.1) is 5.92 Å². The highest BCUT2D eigenvalue weighted by Gasteiger charge is 2.47. The molecule has 27 heavy (non-hydrogen) atoms. The molecular weight excluding hydrogens is 370 g/mol. The lowest BCUT2D eigenvalue weighted by atomic mass is 9.96. The lowest BCUT2D eigenvalue weighted by Gasteiger charge is -2.29. The van der Waals surface area contributed by atoms with Crippen molar-refractivity contribution in [3.05, 3.63) is 41.6 Å². The van der Waals surface area contributed by atoms with Crippen LogP contribution in [0.25, 0.3) is 10.1 Å². The van der Waals surface area contributed by atoms with Crippen molar-refractivity contribution >= 4 is 39.3 Å². The van der Waals surface area contributed by atoms with Gasteiger partial charge in [-0.3, -0.25) is 9.69 Å². The summed E-state index contributed by atoms with van der Waals surface area (Å²) < 4.78 is 6.39. The number of amides is 1. The van der Waals surface area contributed by atoms with E-state index in [-0.39, 0.29) is 24.0 Å². The highest BCUT2D eigenvalue weighted by atomic mass is 32.1. The molecule has 4 unspecified atom stereocenters. The molecule has 2 aliphatic heterocycles. The number of fused-ring (bicyclic) bond motifs is 3. The Hall–Kier alpha value is -2.78. The maximum atomic E-state index is 12.6. The zero-order chi connectivity index (χ0) is 19.0. The Morgan fingerprint density at radius 1 is 1.30 bits per heavy atom. The molecule has 2 aromatic rings. The van der Waals surface area contributed by atoms with E-state index in [0.29, 0.717) is 18.8 Å².